The van der Waals surface area contributed by atoms with Crippen molar-refractivity contribution >= 4 is 18.0 Å². The Hall–Kier alpha value is -3.43. The Morgan fingerprint density at radius 3 is 1.86 bits per heavy atom. The molecule has 0 aliphatic carbocycles. The lowest BCUT2D eigenvalue weighted by molar-refractivity contribution is -0.171. The summed E-state index contributed by atoms with van der Waals surface area (Å²) in [6, 6.07) is 16.4. The molecule has 0 radical (unpaired) electrons. The third-order valence-corrected chi connectivity index (χ3v) is 6.39. The number of piperidine rings is 1. The monoisotopic (exact) mass is 512 g/mol. The van der Waals surface area contributed by atoms with Gasteiger partial charge in [-0.15, -0.1) is 0 Å². The van der Waals surface area contributed by atoms with Crippen LogP contribution >= 0.6 is 0 Å². The highest BCUT2D eigenvalue weighted by Gasteiger charge is 2.43. The molecule has 1 aliphatic rings. The van der Waals surface area contributed by atoms with E-state index < -0.39 is 47.5 Å². The van der Waals surface area contributed by atoms with Crippen molar-refractivity contribution in [2.24, 2.45) is 11.1 Å². The molecule has 9 heteroatoms. The number of nitrogens with two attached hydrogens (primary N) is 1. The standard InChI is InChI=1S/C28H36N2O7/c1-19(35-24(31)23(29)27(2,3)4)36-26(33)30-17-15-22(16-18-30)37-25(32)28(34,20-11-7-5-8-12-20)21-13-9-6-10-14-21/h5-14,19,22-23,34H,15-18,29H2,1-4H3/t19?,23-/m1/s1. The minimum atomic E-state index is -1.97. The Morgan fingerprint density at radius 1 is 0.919 bits per heavy atom. The van der Waals surface area contributed by atoms with Crippen molar-refractivity contribution in [1.29, 1.82) is 0 Å². The van der Waals surface area contributed by atoms with Gasteiger partial charge >= 0.3 is 18.0 Å². The summed E-state index contributed by atoms with van der Waals surface area (Å²) in [6.07, 6.45) is -1.50. The molecule has 9 nitrogen and oxygen atoms in total. The number of carbonyl (C=O) groups excluding carboxylic acids is 3. The van der Waals surface area contributed by atoms with Gasteiger partial charge in [-0.1, -0.05) is 81.4 Å². The van der Waals surface area contributed by atoms with Crippen LogP contribution in [-0.4, -0.2) is 59.6 Å². The van der Waals surface area contributed by atoms with Crippen LogP contribution in [0.4, 0.5) is 4.79 Å². The molecular weight excluding hydrogens is 476 g/mol. The van der Waals surface area contributed by atoms with Crippen LogP contribution in [0.1, 0.15) is 51.7 Å². The molecular formula is C28H36N2O7. The number of ether oxygens (including phenoxy) is 3. The van der Waals surface area contributed by atoms with Crippen LogP contribution < -0.4 is 5.73 Å². The van der Waals surface area contributed by atoms with Crippen LogP contribution in [0.5, 0.6) is 0 Å². The van der Waals surface area contributed by atoms with Crippen LogP contribution in [0.15, 0.2) is 60.7 Å². The number of hydrogen-bond acceptors (Lipinski definition) is 8. The van der Waals surface area contributed by atoms with Crippen molar-refractivity contribution in [2.45, 2.75) is 64.6 Å². The van der Waals surface area contributed by atoms with Gasteiger partial charge in [0.05, 0.1) is 0 Å². The highest BCUT2D eigenvalue weighted by atomic mass is 16.7. The van der Waals surface area contributed by atoms with Gasteiger partial charge in [0.25, 0.3) is 0 Å². The van der Waals surface area contributed by atoms with Crippen LogP contribution in [0.25, 0.3) is 0 Å². The van der Waals surface area contributed by atoms with Crippen molar-refractivity contribution < 1.29 is 33.7 Å². The quantitative estimate of drug-likeness (QED) is 0.427. The maximum absolute atomic E-state index is 13.3. The van der Waals surface area contributed by atoms with E-state index in [0.29, 0.717) is 24.0 Å². The Labute approximate surface area is 217 Å². The van der Waals surface area contributed by atoms with Crippen molar-refractivity contribution in [3.63, 3.8) is 0 Å². The molecule has 0 bridgehead atoms. The maximum Gasteiger partial charge on any atom is 0.412 e. The first-order valence-electron chi connectivity index (χ1n) is 12.4. The van der Waals surface area contributed by atoms with E-state index in [1.807, 2.05) is 20.8 Å². The molecule has 1 unspecified atom stereocenters. The molecule has 1 fully saturated rings. The molecule has 0 saturated carbocycles. The summed E-state index contributed by atoms with van der Waals surface area (Å²) in [5.41, 5.74) is 4.24. The van der Waals surface area contributed by atoms with Crippen molar-refractivity contribution in [1.82, 2.24) is 4.90 Å². The first-order valence-corrected chi connectivity index (χ1v) is 12.4. The van der Waals surface area contributed by atoms with Gasteiger partial charge in [0.1, 0.15) is 12.1 Å². The van der Waals surface area contributed by atoms with Crippen LogP contribution in [-0.2, 0) is 29.4 Å². The molecule has 1 saturated heterocycles. The number of rotatable bonds is 7. The number of benzene rings is 2. The molecule has 3 rings (SSSR count). The number of nitrogens with zero attached hydrogens (tertiary/aromatic N) is 1. The summed E-state index contributed by atoms with van der Waals surface area (Å²) in [6.45, 7) is 7.43. The van der Waals surface area contributed by atoms with Gasteiger partial charge in [-0.25, -0.2) is 9.59 Å². The van der Waals surface area contributed by atoms with E-state index in [2.05, 4.69) is 0 Å². The van der Waals surface area contributed by atoms with Crippen molar-refractivity contribution in [3.05, 3.63) is 71.8 Å². The largest absolute Gasteiger partial charge is 0.460 e. The molecule has 200 valence electrons. The molecule has 0 spiro atoms. The van der Waals surface area contributed by atoms with Gasteiger partial charge in [-0.2, -0.15) is 0 Å². The Morgan fingerprint density at radius 2 is 1.41 bits per heavy atom. The normalized spacial score (nSPS) is 16.4. The molecule has 2 aromatic carbocycles. The fourth-order valence-corrected chi connectivity index (χ4v) is 3.98. The van der Waals surface area contributed by atoms with E-state index in [0.717, 1.165) is 0 Å². The van der Waals surface area contributed by atoms with Gasteiger partial charge in [-0.05, 0) is 16.5 Å². The Bertz CT molecular complexity index is 1020. The smallest absolute Gasteiger partial charge is 0.412 e. The molecule has 37 heavy (non-hydrogen) atoms. The zero-order valence-electron chi connectivity index (χ0n) is 21.8. The Balaban J connectivity index is 1.56. The number of carbonyl (C=O) groups is 3. The van der Waals surface area contributed by atoms with E-state index in [-0.39, 0.29) is 13.1 Å². The lowest BCUT2D eigenvalue weighted by Crippen LogP contribution is -2.47. The minimum Gasteiger partial charge on any atom is -0.460 e. The molecule has 1 amide bonds. The van der Waals surface area contributed by atoms with Gasteiger partial charge in [0.2, 0.25) is 11.9 Å². The predicted molar refractivity (Wildman–Crippen MR) is 136 cm³/mol. The highest BCUT2D eigenvalue weighted by Crippen LogP contribution is 2.32. The number of esters is 2. The van der Waals surface area contributed by atoms with E-state index >= 15 is 0 Å². The second kappa shape index (κ2) is 11.7. The van der Waals surface area contributed by atoms with Gasteiger partial charge in [-0.3, -0.25) is 4.79 Å². The van der Waals surface area contributed by atoms with Crippen molar-refractivity contribution in [2.75, 3.05) is 13.1 Å². The second-order valence-corrected chi connectivity index (χ2v) is 10.3. The molecule has 1 heterocycles. The summed E-state index contributed by atoms with van der Waals surface area (Å²) in [7, 11) is 0. The predicted octanol–water partition coefficient (Wildman–Crippen LogP) is 3.33. The van der Waals surface area contributed by atoms with E-state index in [9.17, 15) is 19.5 Å². The molecule has 1 aliphatic heterocycles. The Kier molecular flexibility index (Phi) is 8.94. The van der Waals surface area contributed by atoms with Crippen LogP contribution in [0, 0.1) is 5.41 Å². The van der Waals surface area contributed by atoms with Gasteiger partial charge in [0, 0.05) is 32.9 Å². The van der Waals surface area contributed by atoms with Crippen LogP contribution in [0.2, 0.25) is 0 Å². The summed E-state index contributed by atoms with van der Waals surface area (Å²) in [5, 5.41) is 11.5. The third kappa shape index (κ3) is 6.87. The lowest BCUT2D eigenvalue weighted by Gasteiger charge is -2.34. The SMILES string of the molecule is CC(OC(=O)[C@@H](N)C(C)(C)C)OC(=O)N1CCC(OC(=O)C(O)(c2ccccc2)c2ccccc2)CC1. The minimum absolute atomic E-state index is 0.272. The third-order valence-electron chi connectivity index (χ3n) is 6.39. The zero-order valence-corrected chi connectivity index (χ0v) is 21.8. The van der Waals surface area contributed by atoms with Crippen LogP contribution in [0.3, 0.4) is 0 Å². The molecule has 3 N–H and O–H groups in total. The lowest BCUT2D eigenvalue weighted by atomic mass is 9.86. The van der Waals surface area contributed by atoms with Gasteiger partial charge < -0.3 is 30.0 Å². The number of aliphatic hydroxyl groups is 1. The second-order valence-electron chi connectivity index (χ2n) is 10.3. The van der Waals surface area contributed by atoms with E-state index in [1.165, 1.54) is 11.8 Å². The summed E-state index contributed by atoms with van der Waals surface area (Å²) >= 11 is 0. The summed E-state index contributed by atoms with van der Waals surface area (Å²) < 4.78 is 16.1. The molecule has 2 atom stereocenters. The summed E-state index contributed by atoms with van der Waals surface area (Å²) in [5.74, 6) is -1.43. The van der Waals surface area contributed by atoms with E-state index in [1.54, 1.807) is 60.7 Å². The first kappa shape index (κ1) is 28.1. The average Bonchev–Trinajstić information content (AvgIpc) is 2.88. The fraction of sp³-hybridized carbons (Fsp3) is 0.464. The van der Waals surface area contributed by atoms with Crippen molar-refractivity contribution in [3.8, 4) is 0 Å². The van der Waals surface area contributed by atoms with E-state index in [4.69, 9.17) is 19.9 Å². The summed E-state index contributed by atoms with van der Waals surface area (Å²) in [4.78, 5) is 39.5. The number of hydrogen-bond donors (Lipinski definition) is 2. The van der Waals surface area contributed by atoms with Gasteiger partial charge in [0.15, 0.2) is 0 Å². The average molecular weight is 513 g/mol. The fourth-order valence-electron chi connectivity index (χ4n) is 3.98. The highest BCUT2D eigenvalue weighted by molar-refractivity contribution is 5.85. The first-order chi connectivity index (χ1) is 17.4. The number of likely N-dealkylation sites (tertiary alicyclic amines) is 1. The molecule has 0 aromatic heterocycles. The maximum atomic E-state index is 13.3. The topological polar surface area (TPSA) is 128 Å². The molecule has 2 aromatic rings. The zero-order chi connectivity index (χ0) is 27.2. The number of amides is 1.